The SMILES string of the molecule is CC.CN1C=CCNC1(C)C. The standard InChI is InChI=1S/C7H14N2.C2H6/c1-7(2)8-5-4-6-9(7)3;1-2/h4,6,8H,5H2,1-3H3;1-2H3. The molecule has 2 heteroatoms. The zero-order valence-electron chi connectivity index (χ0n) is 8.31. The van der Waals surface area contributed by atoms with Crippen LogP contribution in [-0.2, 0) is 0 Å². The number of hydrogen-bond donors (Lipinski definition) is 1. The lowest BCUT2D eigenvalue weighted by atomic mass is 10.2. The van der Waals surface area contributed by atoms with E-state index in [2.05, 4.69) is 43.4 Å². The average molecular weight is 156 g/mol. The molecular formula is C9H20N2. The molecule has 0 saturated heterocycles. The minimum absolute atomic E-state index is 0.134. The normalized spacial score (nSPS) is 20.6. The van der Waals surface area contributed by atoms with E-state index in [4.69, 9.17) is 0 Å². The van der Waals surface area contributed by atoms with Gasteiger partial charge in [-0.2, -0.15) is 0 Å². The van der Waals surface area contributed by atoms with E-state index in [1.54, 1.807) is 0 Å². The van der Waals surface area contributed by atoms with Crippen molar-refractivity contribution in [3.63, 3.8) is 0 Å². The smallest absolute Gasteiger partial charge is 0.0844 e. The van der Waals surface area contributed by atoms with Gasteiger partial charge in [0.05, 0.1) is 5.66 Å². The number of rotatable bonds is 0. The summed E-state index contributed by atoms with van der Waals surface area (Å²) in [5.41, 5.74) is 0.134. The fourth-order valence-corrected chi connectivity index (χ4v) is 0.831. The summed E-state index contributed by atoms with van der Waals surface area (Å²) in [7, 11) is 2.07. The van der Waals surface area contributed by atoms with Crippen molar-refractivity contribution in [2.45, 2.75) is 33.4 Å². The van der Waals surface area contributed by atoms with Gasteiger partial charge in [-0.25, -0.2) is 0 Å². The van der Waals surface area contributed by atoms with Crippen LogP contribution >= 0.6 is 0 Å². The summed E-state index contributed by atoms with van der Waals surface area (Å²) >= 11 is 0. The third-order valence-corrected chi connectivity index (χ3v) is 1.86. The number of nitrogens with zero attached hydrogens (tertiary/aromatic N) is 1. The van der Waals surface area contributed by atoms with Crippen LogP contribution in [0.15, 0.2) is 12.3 Å². The van der Waals surface area contributed by atoms with E-state index in [1.807, 2.05) is 13.8 Å². The molecule has 2 nitrogen and oxygen atoms in total. The predicted octanol–water partition coefficient (Wildman–Crippen LogP) is 1.80. The monoisotopic (exact) mass is 156 g/mol. The molecule has 0 spiro atoms. The molecule has 1 aliphatic heterocycles. The maximum atomic E-state index is 3.35. The van der Waals surface area contributed by atoms with Crippen molar-refractivity contribution >= 4 is 0 Å². The molecule has 0 aromatic heterocycles. The maximum absolute atomic E-state index is 3.35. The van der Waals surface area contributed by atoms with Gasteiger partial charge in [0.25, 0.3) is 0 Å². The van der Waals surface area contributed by atoms with E-state index in [0.29, 0.717) is 0 Å². The molecule has 1 aliphatic rings. The highest BCUT2D eigenvalue weighted by Crippen LogP contribution is 2.10. The third-order valence-electron chi connectivity index (χ3n) is 1.86. The Morgan fingerprint density at radius 2 is 1.91 bits per heavy atom. The molecule has 0 bridgehead atoms. The molecule has 0 aromatic rings. The van der Waals surface area contributed by atoms with Crippen molar-refractivity contribution in [1.82, 2.24) is 10.2 Å². The minimum Gasteiger partial charge on any atom is -0.363 e. The molecule has 0 saturated carbocycles. The van der Waals surface area contributed by atoms with Gasteiger partial charge in [-0.3, -0.25) is 5.32 Å². The first-order valence-electron chi connectivity index (χ1n) is 4.27. The predicted molar refractivity (Wildman–Crippen MR) is 50.3 cm³/mol. The highest BCUT2D eigenvalue weighted by Gasteiger charge is 2.21. The molecule has 0 unspecified atom stereocenters. The second-order valence-corrected chi connectivity index (χ2v) is 2.94. The van der Waals surface area contributed by atoms with Gasteiger partial charge < -0.3 is 4.90 Å². The van der Waals surface area contributed by atoms with Crippen molar-refractivity contribution in [3.8, 4) is 0 Å². The second-order valence-electron chi connectivity index (χ2n) is 2.94. The zero-order valence-corrected chi connectivity index (χ0v) is 8.31. The lowest BCUT2D eigenvalue weighted by Crippen LogP contribution is -2.52. The van der Waals surface area contributed by atoms with Gasteiger partial charge in [-0.1, -0.05) is 19.9 Å². The van der Waals surface area contributed by atoms with Crippen LogP contribution in [0, 0.1) is 0 Å². The lowest BCUT2D eigenvalue weighted by Gasteiger charge is -2.38. The largest absolute Gasteiger partial charge is 0.363 e. The van der Waals surface area contributed by atoms with Gasteiger partial charge in [-0.05, 0) is 20.0 Å². The summed E-state index contributed by atoms with van der Waals surface area (Å²) < 4.78 is 0. The summed E-state index contributed by atoms with van der Waals surface area (Å²) in [5.74, 6) is 0. The Kier molecular flexibility index (Phi) is 4.19. The van der Waals surface area contributed by atoms with Crippen LogP contribution in [0.3, 0.4) is 0 Å². The first-order valence-corrected chi connectivity index (χ1v) is 4.27. The summed E-state index contributed by atoms with van der Waals surface area (Å²) in [6.07, 6.45) is 4.22. The molecular weight excluding hydrogens is 136 g/mol. The van der Waals surface area contributed by atoms with E-state index in [9.17, 15) is 0 Å². The Morgan fingerprint density at radius 1 is 1.36 bits per heavy atom. The van der Waals surface area contributed by atoms with Crippen molar-refractivity contribution in [3.05, 3.63) is 12.3 Å². The van der Waals surface area contributed by atoms with Crippen LogP contribution in [0.5, 0.6) is 0 Å². The average Bonchev–Trinajstić information content (AvgIpc) is 2.00. The highest BCUT2D eigenvalue weighted by molar-refractivity contribution is 4.96. The van der Waals surface area contributed by atoms with E-state index in [1.165, 1.54) is 0 Å². The molecule has 1 heterocycles. The fraction of sp³-hybridized carbons (Fsp3) is 0.778. The van der Waals surface area contributed by atoms with Gasteiger partial charge in [0, 0.05) is 13.6 Å². The zero-order chi connectivity index (χ0) is 8.91. The van der Waals surface area contributed by atoms with E-state index in [-0.39, 0.29) is 5.66 Å². The highest BCUT2D eigenvalue weighted by atomic mass is 15.3. The van der Waals surface area contributed by atoms with E-state index in [0.717, 1.165) is 6.54 Å². The Bertz CT molecular complexity index is 128. The lowest BCUT2D eigenvalue weighted by molar-refractivity contribution is 0.168. The Hall–Kier alpha value is -0.500. The molecule has 0 fully saturated rings. The fourth-order valence-electron chi connectivity index (χ4n) is 0.831. The Morgan fingerprint density at radius 3 is 2.18 bits per heavy atom. The molecule has 66 valence electrons. The Balaban J connectivity index is 0.000000461. The van der Waals surface area contributed by atoms with Crippen LogP contribution in [0.1, 0.15) is 27.7 Å². The van der Waals surface area contributed by atoms with Gasteiger partial charge >= 0.3 is 0 Å². The number of nitrogens with one attached hydrogen (secondary N) is 1. The molecule has 11 heavy (non-hydrogen) atoms. The molecule has 0 amide bonds. The molecule has 0 aliphatic carbocycles. The second kappa shape index (κ2) is 4.39. The first-order chi connectivity index (χ1) is 5.13. The summed E-state index contributed by atoms with van der Waals surface area (Å²) in [6, 6.07) is 0. The quantitative estimate of drug-likeness (QED) is 0.575. The van der Waals surface area contributed by atoms with Crippen molar-refractivity contribution < 1.29 is 0 Å². The van der Waals surface area contributed by atoms with Gasteiger partial charge in [-0.15, -0.1) is 0 Å². The first kappa shape index (κ1) is 10.5. The topological polar surface area (TPSA) is 15.3 Å². The summed E-state index contributed by atoms with van der Waals surface area (Å²) in [6.45, 7) is 9.31. The van der Waals surface area contributed by atoms with Crippen molar-refractivity contribution in [2.75, 3.05) is 13.6 Å². The minimum atomic E-state index is 0.134. The summed E-state index contributed by atoms with van der Waals surface area (Å²) in [5, 5.41) is 3.35. The molecule has 0 aromatic carbocycles. The van der Waals surface area contributed by atoms with Crippen molar-refractivity contribution in [1.29, 1.82) is 0 Å². The van der Waals surface area contributed by atoms with Crippen LogP contribution < -0.4 is 5.32 Å². The molecule has 1 rings (SSSR count). The third kappa shape index (κ3) is 2.93. The van der Waals surface area contributed by atoms with Gasteiger partial charge in [0.1, 0.15) is 0 Å². The molecule has 0 radical (unpaired) electrons. The van der Waals surface area contributed by atoms with E-state index >= 15 is 0 Å². The van der Waals surface area contributed by atoms with E-state index < -0.39 is 0 Å². The molecule has 0 atom stereocenters. The summed E-state index contributed by atoms with van der Waals surface area (Å²) in [4.78, 5) is 2.16. The molecule has 1 N–H and O–H groups in total. The van der Waals surface area contributed by atoms with Gasteiger partial charge in [0.15, 0.2) is 0 Å². The van der Waals surface area contributed by atoms with Crippen molar-refractivity contribution in [2.24, 2.45) is 0 Å². The van der Waals surface area contributed by atoms with Crippen LogP contribution in [0.4, 0.5) is 0 Å². The maximum Gasteiger partial charge on any atom is 0.0844 e. The van der Waals surface area contributed by atoms with Crippen LogP contribution in [-0.4, -0.2) is 24.2 Å². The Labute approximate surface area is 70.3 Å². The van der Waals surface area contributed by atoms with Crippen LogP contribution in [0.2, 0.25) is 0 Å². The number of hydrogen-bond acceptors (Lipinski definition) is 2. The van der Waals surface area contributed by atoms with Crippen LogP contribution in [0.25, 0.3) is 0 Å². The van der Waals surface area contributed by atoms with Gasteiger partial charge in [0.2, 0.25) is 0 Å².